The van der Waals surface area contributed by atoms with Crippen LogP contribution in [0.2, 0.25) is 5.15 Å². The average Bonchev–Trinajstić information content (AvgIpc) is 2.78. The lowest BCUT2D eigenvalue weighted by Crippen LogP contribution is -2.04. The highest BCUT2D eigenvalue weighted by Gasteiger charge is 2.10. The summed E-state index contributed by atoms with van der Waals surface area (Å²) in [4.78, 5) is 8.31. The Labute approximate surface area is 123 Å². The monoisotopic (exact) mass is 310 g/mol. The second-order valence-electron chi connectivity index (χ2n) is 4.33. The second-order valence-corrected chi connectivity index (χ2v) is 4.69. The van der Waals surface area contributed by atoms with Crippen LogP contribution in [0.1, 0.15) is 5.82 Å². The first-order chi connectivity index (χ1) is 10.0. The number of hydrogen-bond donors (Lipinski definition) is 0. The number of aromatic nitrogens is 4. The van der Waals surface area contributed by atoms with E-state index in [9.17, 15) is 8.78 Å². The summed E-state index contributed by atoms with van der Waals surface area (Å²) < 4.78 is 32.9. The van der Waals surface area contributed by atoms with Gasteiger partial charge in [-0.1, -0.05) is 11.6 Å². The molecular formula is C13H9ClF2N4O. The number of halogens is 3. The number of hydrogen-bond acceptors (Lipinski definition) is 4. The smallest absolute Gasteiger partial charge is 0.170 e. The Bertz CT molecular complexity index is 801. The van der Waals surface area contributed by atoms with Gasteiger partial charge in [-0.25, -0.2) is 18.7 Å². The minimum atomic E-state index is -0.717. The van der Waals surface area contributed by atoms with E-state index < -0.39 is 11.6 Å². The van der Waals surface area contributed by atoms with Crippen molar-refractivity contribution >= 4 is 22.6 Å². The second kappa shape index (κ2) is 5.25. The normalized spacial score (nSPS) is 11.0. The Morgan fingerprint density at radius 2 is 1.90 bits per heavy atom. The summed E-state index contributed by atoms with van der Waals surface area (Å²) >= 11 is 6.03. The van der Waals surface area contributed by atoms with Crippen LogP contribution in [-0.2, 0) is 13.7 Å². The molecule has 8 heteroatoms. The molecule has 0 unspecified atom stereocenters. The third-order valence-corrected chi connectivity index (χ3v) is 3.08. The van der Waals surface area contributed by atoms with Gasteiger partial charge in [0.2, 0.25) is 0 Å². The molecule has 0 radical (unpaired) electrons. The molecule has 1 aromatic carbocycles. The third-order valence-electron chi connectivity index (χ3n) is 2.80. The fourth-order valence-electron chi connectivity index (χ4n) is 1.85. The minimum Gasteiger partial charge on any atom is -0.485 e. The first-order valence-corrected chi connectivity index (χ1v) is 6.34. The van der Waals surface area contributed by atoms with Crippen molar-refractivity contribution in [2.24, 2.45) is 7.05 Å². The quantitative estimate of drug-likeness (QED) is 0.698. The summed E-state index contributed by atoms with van der Waals surface area (Å²) in [5.41, 5.74) is 0.555. The lowest BCUT2D eigenvalue weighted by atomic mass is 10.3. The molecule has 0 atom stereocenters. The highest BCUT2D eigenvalue weighted by atomic mass is 35.5. The number of ether oxygens (including phenoxy) is 1. The lowest BCUT2D eigenvalue weighted by molar-refractivity contribution is 0.293. The van der Waals surface area contributed by atoms with Crippen molar-refractivity contribution in [2.45, 2.75) is 6.61 Å². The molecule has 0 aliphatic heterocycles. The Morgan fingerprint density at radius 3 is 2.62 bits per heavy atom. The molecule has 2 aromatic heterocycles. The predicted molar refractivity (Wildman–Crippen MR) is 72.0 cm³/mol. The fraction of sp³-hybridized carbons (Fsp3) is 0.154. The molecule has 0 aliphatic rings. The molecule has 108 valence electrons. The van der Waals surface area contributed by atoms with E-state index in [4.69, 9.17) is 16.3 Å². The molecule has 0 spiro atoms. The van der Waals surface area contributed by atoms with Gasteiger partial charge in [-0.3, -0.25) is 4.68 Å². The lowest BCUT2D eigenvalue weighted by Gasteiger charge is -2.06. The molecule has 5 nitrogen and oxygen atoms in total. The first-order valence-electron chi connectivity index (χ1n) is 5.96. The van der Waals surface area contributed by atoms with E-state index in [1.54, 1.807) is 17.9 Å². The van der Waals surface area contributed by atoms with Crippen LogP contribution in [0, 0.1) is 11.6 Å². The Balaban J connectivity index is 1.86. The molecular weight excluding hydrogens is 302 g/mol. The third kappa shape index (κ3) is 2.78. The van der Waals surface area contributed by atoms with Crippen LogP contribution >= 0.6 is 11.6 Å². The maximum atomic E-state index is 13.1. The van der Waals surface area contributed by atoms with Gasteiger partial charge in [0.15, 0.2) is 11.5 Å². The van der Waals surface area contributed by atoms with Crippen molar-refractivity contribution in [3.05, 3.63) is 47.0 Å². The molecule has 3 aromatic rings. The topological polar surface area (TPSA) is 52.8 Å². The van der Waals surface area contributed by atoms with Gasteiger partial charge in [0, 0.05) is 25.2 Å². The molecule has 0 aliphatic carbocycles. The van der Waals surface area contributed by atoms with Crippen molar-refractivity contribution in [3.8, 4) is 5.75 Å². The zero-order chi connectivity index (χ0) is 15.0. The molecule has 0 saturated carbocycles. The Hall–Kier alpha value is -2.28. The van der Waals surface area contributed by atoms with E-state index in [1.165, 1.54) is 0 Å². The molecule has 3 rings (SSSR count). The van der Waals surface area contributed by atoms with Gasteiger partial charge in [0.1, 0.15) is 29.1 Å². The predicted octanol–water partition coefficient (Wildman–Crippen LogP) is 2.87. The van der Waals surface area contributed by atoms with Gasteiger partial charge in [-0.15, -0.1) is 0 Å². The number of nitrogens with zero attached hydrogens (tertiary/aromatic N) is 4. The summed E-state index contributed by atoms with van der Waals surface area (Å²) in [6.07, 6.45) is 1.56. The van der Waals surface area contributed by atoms with Crippen LogP contribution in [0.4, 0.5) is 8.78 Å². The van der Waals surface area contributed by atoms with Crippen LogP contribution in [0.3, 0.4) is 0 Å². The summed E-state index contributed by atoms with van der Waals surface area (Å²) in [5.74, 6) is -1.09. The van der Waals surface area contributed by atoms with Crippen LogP contribution in [0.25, 0.3) is 11.0 Å². The van der Waals surface area contributed by atoms with E-state index in [2.05, 4.69) is 15.1 Å². The molecule has 0 saturated heterocycles. The van der Waals surface area contributed by atoms with E-state index in [1.807, 2.05) is 0 Å². The van der Waals surface area contributed by atoms with Crippen LogP contribution in [-0.4, -0.2) is 19.7 Å². The van der Waals surface area contributed by atoms with Crippen LogP contribution in [0.15, 0.2) is 24.4 Å². The molecule has 2 heterocycles. The highest BCUT2D eigenvalue weighted by molar-refractivity contribution is 6.33. The van der Waals surface area contributed by atoms with Gasteiger partial charge < -0.3 is 4.74 Å². The SMILES string of the molecule is Cn1ncc2c(Cl)nc(COc3cc(F)cc(F)c3)nc21. The summed E-state index contributed by atoms with van der Waals surface area (Å²) in [6, 6.07) is 2.92. The Kier molecular flexibility index (Phi) is 3.42. The molecule has 0 bridgehead atoms. The Morgan fingerprint density at radius 1 is 1.19 bits per heavy atom. The minimum absolute atomic E-state index is 0.0531. The summed E-state index contributed by atoms with van der Waals surface area (Å²) in [5, 5.41) is 4.90. The fourth-order valence-corrected chi connectivity index (χ4v) is 2.09. The van der Waals surface area contributed by atoms with Crippen LogP contribution in [0.5, 0.6) is 5.75 Å². The molecule has 0 amide bonds. The number of benzene rings is 1. The highest BCUT2D eigenvalue weighted by Crippen LogP contribution is 2.20. The maximum Gasteiger partial charge on any atom is 0.170 e. The van der Waals surface area contributed by atoms with Crippen LogP contribution < -0.4 is 4.74 Å². The van der Waals surface area contributed by atoms with Crippen molar-refractivity contribution < 1.29 is 13.5 Å². The molecule has 0 fully saturated rings. The number of rotatable bonds is 3. The van der Waals surface area contributed by atoms with Crippen molar-refractivity contribution in [2.75, 3.05) is 0 Å². The van der Waals surface area contributed by atoms with E-state index in [0.717, 1.165) is 18.2 Å². The zero-order valence-electron chi connectivity index (χ0n) is 10.8. The summed E-state index contributed by atoms with van der Waals surface area (Å²) in [7, 11) is 1.72. The number of fused-ring (bicyclic) bond motifs is 1. The summed E-state index contributed by atoms with van der Waals surface area (Å²) in [6.45, 7) is -0.0657. The zero-order valence-corrected chi connectivity index (χ0v) is 11.6. The van der Waals surface area contributed by atoms with Gasteiger partial charge in [0.25, 0.3) is 0 Å². The van der Waals surface area contributed by atoms with E-state index in [0.29, 0.717) is 16.9 Å². The van der Waals surface area contributed by atoms with Gasteiger partial charge >= 0.3 is 0 Å². The van der Waals surface area contributed by atoms with Gasteiger partial charge in [0.05, 0.1) is 11.6 Å². The standard InChI is InChI=1S/C13H9ClF2N4O/c1-20-13-10(5-17-20)12(14)18-11(19-13)6-21-9-3-7(15)2-8(16)4-9/h2-5H,6H2,1H3. The number of aryl methyl sites for hydroxylation is 1. The first kappa shape index (κ1) is 13.7. The van der Waals surface area contributed by atoms with Gasteiger partial charge in [-0.2, -0.15) is 5.10 Å². The van der Waals surface area contributed by atoms with Crippen molar-refractivity contribution in [1.29, 1.82) is 0 Å². The van der Waals surface area contributed by atoms with Crippen molar-refractivity contribution in [1.82, 2.24) is 19.7 Å². The maximum absolute atomic E-state index is 13.1. The van der Waals surface area contributed by atoms with Gasteiger partial charge in [-0.05, 0) is 0 Å². The largest absolute Gasteiger partial charge is 0.485 e. The average molecular weight is 311 g/mol. The molecule has 0 N–H and O–H groups in total. The molecule has 21 heavy (non-hydrogen) atoms. The van der Waals surface area contributed by atoms with E-state index in [-0.39, 0.29) is 17.5 Å². The van der Waals surface area contributed by atoms with E-state index >= 15 is 0 Å². The van der Waals surface area contributed by atoms with Crippen molar-refractivity contribution in [3.63, 3.8) is 0 Å².